The molecule has 21 heavy (non-hydrogen) atoms. The Morgan fingerprint density at radius 3 is 2.71 bits per heavy atom. The lowest BCUT2D eigenvalue weighted by Crippen LogP contribution is -2.39. The summed E-state index contributed by atoms with van der Waals surface area (Å²) >= 11 is 0. The zero-order valence-electron chi connectivity index (χ0n) is 11.8. The van der Waals surface area contributed by atoms with Gasteiger partial charge >= 0.3 is 5.97 Å². The van der Waals surface area contributed by atoms with Gasteiger partial charge in [0.1, 0.15) is 5.82 Å². The van der Waals surface area contributed by atoms with E-state index in [1.165, 1.54) is 6.07 Å². The lowest BCUT2D eigenvalue weighted by molar-refractivity contribution is -0.139. The Labute approximate surface area is 123 Å². The van der Waals surface area contributed by atoms with Gasteiger partial charge in [-0.3, -0.25) is 9.69 Å². The fourth-order valence-electron chi connectivity index (χ4n) is 2.59. The van der Waals surface area contributed by atoms with Crippen LogP contribution < -0.4 is 0 Å². The highest BCUT2D eigenvalue weighted by molar-refractivity contribution is 7.91. The minimum absolute atomic E-state index is 0.0134. The van der Waals surface area contributed by atoms with Crippen molar-refractivity contribution in [1.82, 2.24) is 4.90 Å². The second-order valence-electron chi connectivity index (χ2n) is 5.44. The molecule has 1 saturated heterocycles. The number of aliphatic carboxylic acids is 1. The van der Waals surface area contributed by atoms with Crippen molar-refractivity contribution >= 4 is 15.8 Å². The Kier molecular flexibility index (Phi) is 4.63. The van der Waals surface area contributed by atoms with E-state index in [9.17, 15) is 17.6 Å². The molecule has 0 saturated carbocycles. The van der Waals surface area contributed by atoms with Crippen molar-refractivity contribution in [3.05, 3.63) is 35.1 Å². The number of halogens is 1. The molecule has 1 aromatic rings. The average Bonchev–Trinajstić information content (AvgIpc) is 2.73. The van der Waals surface area contributed by atoms with E-state index in [4.69, 9.17) is 5.11 Å². The number of carbonyl (C=O) groups is 1. The summed E-state index contributed by atoms with van der Waals surface area (Å²) in [5.74, 6) is -1.23. The van der Waals surface area contributed by atoms with Gasteiger partial charge in [-0.2, -0.15) is 0 Å². The molecule has 7 heteroatoms. The van der Waals surface area contributed by atoms with Gasteiger partial charge in [-0.15, -0.1) is 0 Å². The Morgan fingerprint density at radius 2 is 2.19 bits per heavy atom. The molecule has 1 heterocycles. The van der Waals surface area contributed by atoms with Gasteiger partial charge in [-0.05, 0) is 30.5 Å². The van der Waals surface area contributed by atoms with E-state index in [1.807, 2.05) is 0 Å². The summed E-state index contributed by atoms with van der Waals surface area (Å²) in [5.41, 5.74) is 1.27. The van der Waals surface area contributed by atoms with E-state index in [-0.39, 0.29) is 29.9 Å². The number of benzene rings is 1. The van der Waals surface area contributed by atoms with Crippen molar-refractivity contribution in [2.75, 3.05) is 18.1 Å². The van der Waals surface area contributed by atoms with Crippen molar-refractivity contribution in [3.63, 3.8) is 0 Å². The zero-order valence-corrected chi connectivity index (χ0v) is 12.6. The Hall–Kier alpha value is -1.47. The highest BCUT2D eigenvalue weighted by Gasteiger charge is 2.33. The van der Waals surface area contributed by atoms with Crippen LogP contribution >= 0.6 is 0 Å². The monoisotopic (exact) mass is 315 g/mol. The van der Waals surface area contributed by atoms with E-state index in [0.717, 1.165) is 5.56 Å². The summed E-state index contributed by atoms with van der Waals surface area (Å²) in [6.07, 6.45) is 0.440. The fraction of sp³-hybridized carbons (Fsp3) is 0.500. The maximum Gasteiger partial charge on any atom is 0.317 e. The van der Waals surface area contributed by atoms with Crippen LogP contribution in [0.5, 0.6) is 0 Å². The van der Waals surface area contributed by atoms with Crippen LogP contribution in [0.15, 0.2) is 18.2 Å². The third-order valence-corrected chi connectivity index (χ3v) is 5.42. The van der Waals surface area contributed by atoms with Crippen molar-refractivity contribution in [2.24, 2.45) is 0 Å². The topological polar surface area (TPSA) is 74.7 Å². The van der Waals surface area contributed by atoms with E-state index in [2.05, 4.69) is 0 Å². The first-order valence-electron chi connectivity index (χ1n) is 6.68. The molecule has 1 unspecified atom stereocenters. The predicted octanol–water partition coefficient (Wildman–Crippen LogP) is 1.21. The quantitative estimate of drug-likeness (QED) is 0.884. The van der Waals surface area contributed by atoms with Crippen molar-refractivity contribution in [2.45, 2.75) is 25.9 Å². The number of hydrogen-bond donors (Lipinski definition) is 1. The van der Waals surface area contributed by atoms with Gasteiger partial charge < -0.3 is 5.11 Å². The zero-order chi connectivity index (χ0) is 15.6. The Morgan fingerprint density at radius 1 is 1.48 bits per heavy atom. The number of carboxylic acid groups (broad SMARTS) is 1. The molecule has 0 amide bonds. The summed E-state index contributed by atoms with van der Waals surface area (Å²) in [7, 11) is -3.08. The molecule has 0 spiro atoms. The molecule has 1 aliphatic rings. The number of rotatable bonds is 5. The molecule has 1 aliphatic heterocycles. The number of aryl methyl sites for hydroxylation is 1. The average molecular weight is 315 g/mol. The Bertz CT molecular complexity index is 644. The van der Waals surface area contributed by atoms with Crippen LogP contribution in [0.2, 0.25) is 0 Å². The smallest absolute Gasteiger partial charge is 0.317 e. The van der Waals surface area contributed by atoms with Crippen LogP contribution in [0.1, 0.15) is 17.5 Å². The maximum absolute atomic E-state index is 13.3. The molecule has 0 bridgehead atoms. The molecule has 5 nitrogen and oxygen atoms in total. The molecule has 0 aromatic heterocycles. The minimum Gasteiger partial charge on any atom is -0.480 e. The van der Waals surface area contributed by atoms with Gasteiger partial charge in [0.15, 0.2) is 9.84 Å². The largest absolute Gasteiger partial charge is 0.480 e. The highest BCUT2D eigenvalue weighted by atomic mass is 32.2. The van der Waals surface area contributed by atoms with Crippen molar-refractivity contribution in [1.29, 1.82) is 0 Å². The van der Waals surface area contributed by atoms with Crippen LogP contribution in [-0.4, -0.2) is 48.5 Å². The molecule has 2 rings (SSSR count). The summed E-state index contributed by atoms with van der Waals surface area (Å²) in [6.45, 7) is 1.71. The second-order valence-corrected chi connectivity index (χ2v) is 7.67. The van der Waals surface area contributed by atoms with Crippen molar-refractivity contribution < 1.29 is 22.7 Å². The number of nitrogens with zero attached hydrogens (tertiary/aromatic N) is 1. The van der Waals surface area contributed by atoms with Gasteiger partial charge in [0.25, 0.3) is 0 Å². The van der Waals surface area contributed by atoms with Gasteiger partial charge in [0.2, 0.25) is 0 Å². The molecule has 1 fully saturated rings. The van der Waals surface area contributed by atoms with Crippen LogP contribution in [0, 0.1) is 12.7 Å². The van der Waals surface area contributed by atoms with E-state index in [1.54, 1.807) is 24.0 Å². The van der Waals surface area contributed by atoms with Crippen LogP contribution in [0.4, 0.5) is 4.39 Å². The standard InChI is InChI=1S/C14H18FNO4S/c1-10-6-11(2-3-13(10)15)7-16(8-14(17)18)12-4-5-21(19,20)9-12/h2-3,6,12H,4-5,7-9H2,1H3,(H,17,18). The molecule has 1 atom stereocenters. The van der Waals surface area contributed by atoms with Gasteiger partial charge in [-0.1, -0.05) is 12.1 Å². The number of hydrogen-bond acceptors (Lipinski definition) is 4. The van der Waals surface area contributed by atoms with Crippen LogP contribution in [0.3, 0.4) is 0 Å². The third-order valence-electron chi connectivity index (χ3n) is 3.67. The molecule has 116 valence electrons. The SMILES string of the molecule is Cc1cc(CN(CC(=O)O)C2CCS(=O)(=O)C2)ccc1F. The maximum atomic E-state index is 13.3. The van der Waals surface area contributed by atoms with Gasteiger partial charge in [0, 0.05) is 12.6 Å². The lowest BCUT2D eigenvalue weighted by atomic mass is 10.1. The third kappa shape index (κ3) is 4.25. The van der Waals surface area contributed by atoms with Gasteiger partial charge in [0.05, 0.1) is 18.1 Å². The first-order valence-corrected chi connectivity index (χ1v) is 8.50. The fourth-order valence-corrected chi connectivity index (χ4v) is 4.35. The first-order chi connectivity index (χ1) is 9.77. The molecule has 1 N–H and O–H groups in total. The molecular formula is C14H18FNO4S. The molecule has 0 aliphatic carbocycles. The van der Waals surface area contributed by atoms with E-state index in [0.29, 0.717) is 18.5 Å². The van der Waals surface area contributed by atoms with Crippen LogP contribution in [-0.2, 0) is 21.2 Å². The van der Waals surface area contributed by atoms with Crippen molar-refractivity contribution in [3.8, 4) is 0 Å². The summed E-state index contributed by atoms with van der Waals surface area (Å²) in [4.78, 5) is 12.6. The first kappa shape index (κ1) is 15.9. The van der Waals surface area contributed by atoms with Crippen LogP contribution in [0.25, 0.3) is 0 Å². The summed E-state index contributed by atoms with van der Waals surface area (Å²) < 4.78 is 36.4. The number of sulfone groups is 1. The molecule has 1 aromatic carbocycles. The molecular weight excluding hydrogens is 297 g/mol. The second kappa shape index (κ2) is 6.11. The normalized spacial score (nSPS) is 20.8. The lowest BCUT2D eigenvalue weighted by Gasteiger charge is -2.26. The predicted molar refractivity (Wildman–Crippen MR) is 76.2 cm³/mol. The molecule has 0 radical (unpaired) electrons. The van der Waals surface area contributed by atoms with E-state index >= 15 is 0 Å². The van der Waals surface area contributed by atoms with E-state index < -0.39 is 15.8 Å². The summed E-state index contributed by atoms with van der Waals surface area (Å²) in [6, 6.07) is 4.31. The minimum atomic E-state index is -3.08. The van der Waals surface area contributed by atoms with Gasteiger partial charge in [-0.25, -0.2) is 12.8 Å². The summed E-state index contributed by atoms with van der Waals surface area (Å²) in [5, 5.41) is 9.00. The number of carboxylic acids is 1. The highest BCUT2D eigenvalue weighted by Crippen LogP contribution is 2.20. The Balaban J connectivity index is 2.16.